The summed E-state index contributed by atoms with van der Waals surface area (Å²) in [6.07, 6.45) is 0.664. The van der Waals surface area contributed by atoms with E-state index < -0.39 is 5.97 Å². The summed E-state index contributed by atoms with van der Waals surface area (Å²) in [5, 5.41) is 8.62. The van der Waals surface area contributed by atoms with Gasteiger partial charge < -0.3 is 9.67 Å². The third kappa shape index (κ3) is 2.58. The fraction of sp³-hybridized carbons (Fsp3) is 0.636. The third-order valence-corrected chi connectivity index (χ3v) is 2.61. The second-order valence-corrected chi connectivity index (χ2v) is 4.11. The van der Waals surface area contributed by atoms with Gasteiger partial charge in [-0.05, 0) is 6.92 Å². The molecule has 0 saturated carbocycles. The first-order valence-corrected chi connectivity index (χ1v) is 5.17. The quantitative estimate of drug-likeness (QED) is 0.825. The molecule has 0 aromatic carbocycles. The first-order chi connectivity index (χ1) is 6.93. The van der Waals surface area contributed by atoms with E-state index in [1.54, 1.807) is 0 Å². The van der Waals surface area contributed by atoms with Crippen molar-refractivity contribution in [2.24, 2.45) is 7.05 Å². The molecule has 0 amide bonds. The lowest BCUT2D eigenvalue weighted by Gasteiger charge is -2.04. The van der Waals surface area contributed by atoms with E-state index in [1.807, 2.05) is 18.5 Å². The van der Waals surface area contributed by atoms with Crippen molar-refractivity contribution in [3.63, 3.8) is 0 Å². The maximum Gasteiger partial charge on any atom is 0.303 e. The van der Waals surface area contributed by atoms with Crippen molar-refractivity contribution in [2.75, 3.05) is 0 Å². The maximum absolute atomic E-state index is 10.5. The largest absolute Gasteiger partial charge is 0.481 e. The topological polar surface area (TPSA) is 55.1 Å². The SMILES string of the molecule is Cc1c(CCC(=O)O)nc(C(C)C)n1C. The van der Waals surface area contributed by atoms with Gasteiger partial charge in [-0.2, -0.15) is 0 Å². The van der Waals surface area contributed by atoms with Crippen LogP contribution < -0.4 is 0 Å². The molecule has 0 aliphatic rings. The molecule has 4 nitrogen and oxygen atoms in total. The molecule has 0 aliphatic heterocycles. The molecule has 1 heterocycles. The molecule has 84 valence electrons. The van der Waals surface area contributed by atoms with Crippen LogP contribution in [0.25, 0.3) is 0 Å². The Labute approximate surface area is 89.9 Å². The van der Waals surface area contributed by atoms with Gasteiger partial charge in [0.1, 0.15) is 5.82 Å². The highest BCUT2D eigenvalue weighted by atomic mass is 16.4. The van der Waals surface area contributed by atoms with Crippen molar-refractivity contribution in [3.8, 4) is 0 Å². The first-order valence-electron chi connectivity index (χ1n) is 5.17. The van der Waals surface area contributed by atoms with E-state index in [0.717, 1.165) is 17.2 Å². The molecule has 1 aromatic heterocycles. The smallest absolute Gasteiger partial charge is 0.303 e. The monoisotopic (exact) mass is 210 g/mol. The van der Waals surface area contributed by atoms with Crippen LogP contribution in [0.5, 0.6) is 0 Å². The lowest BCUT2D eigenvalue weighted by molar-refractivity contribution is -0.136. The summed E-state index contributed by atoms with van der Waals surface area (Å²) in [6.45, 7) is 6.15. The van der Waals surface area contributed by atoms with Gasteiger partial charge in [-0.25, -0.2) is 4.98 Å². The Kier molecular flexibility index (Phi) is 3.50. The van der Waals surface area contributed by atoms with E-state index in [2.05, 4.69) is 18.8 Å². The summed E-state index contributed by atoms with van der Waals surface area (Å²) in [5.74, 6) is 0.617. The zero-order chi connectivity index (χ0) is 11.6. The Balaban J connectivity index is 2.90. The average Bonchev–Trinajstić information content (AvgIpc) is 2.41. The Hall–Kier alpha value is -1.32. The second-order valence-electron chi connectivity index (χ2n) is 4.11. The molecule has 0 unspecified atom stereocenters. The predicted molar refractivity (Wildman–Crippen MR) is 58.0 cm³/mol. The normalized spacial score (nSPS) is 11.0. The zero-order valence-electron chi connectivity index (χ0n) is 9.74. The van der Waals surface area contributed by atoms with Gasteiger partial charge in [0.15, 0.2) is 0 Å². The molecular weight excluding hydrogens is 192 g/mol. The highest BCUT2D eigenvalue weighted by Gasteiger charge is 2.14. The van der Waals surface area contributed by atoms with Crippen molar-refractivity contribution in [1.29, 1.82) is 0 Å². The molecule has 0 saturated heterocycles. The highest BCUT2D eigenvalue weighted by molar-refractivity contribution is 5.67. The standard InChI is InChI=1S/C11H18N2O2/c1-7(2)11-12-9(5-6-10(14)15)8(3)13(11)4/h7H,5-6H2,1-4H3,(H,14,15). The molecule has 15 heavy (non-hydrogen) atoms. The van der Waals surface area contributed by atoms with Crippen LogP contribution in [0.4, 0.5) is 0 Å². The van der Waals surface area contributed by atoms with Crippen molar-refractivity contribution in [1.82, 2.24) is 9.55 Å². The van der Waals surface area contributed by atoms with E-state index in [4.69, 9.17) is 5.11 Å². The average molecular weight is 210 g/mol. The molecule has 0 fully saturated rings. The molecule has 0 spiro atoms. The lowest BCUT2D eigenvalue weighted by Crippen LogP contribution is -2.01. The molecule has 0 atom stereocenters. The summed E-state index contributed by atoms with van der Waals surface area (Å²) in [4.78, 5) is 15.0. The molecule has 1 N–H and O–H groups in total. The fourth-order valence-electron chi connectivity index (χ4n) is 1.64. The maximum atomic E-state index is 10.5. The predicted octanol–water partition coefficient (Wildman–Crippen LogP) is 1.87. The summed E-state index contributed by atoms with van der Waals surface area (Å²) in [7, 11) is 1.97. The minimum absolute atomic E-state index is 0.148. The van der Waals surface area contributed by atoms with Gasteiger partial charge in [0.2, 0.25) is 0 Å². The first kappa shape index (κ1) is 11.8. The van der Waals surface area contributed by atoms with Gasteiger partial charge in [-0.1, -0.05) is 13.8 Å². The second kappa shape index (κ2) is 4.47. The van der Waals surface area contributed by atoms with Crippen LogP contribution in [-0.4, -0.2) is 20.6 Å². The Morgan fingerprint density at radius 1 is 1.53 bits per heavy atom. The molecule has 0 radical (unpaired) electrons. The number of aryl methyl sites for hydroxylation is 1. The number of aliphatic carboxylic acids is 1. The molecule has 0 aliphatic carbocycles. The van der Waals surface area contributed by atoms with Gasteiger partial charge in [0, 0.05) is 25.1 Å². The van der Waals surface area contributed by atoms with Gasteiger partial charge in [-0.15, -0.1) is 0 Å². The number of hydrogen-bond acceptors (Lipinski definition) is 2. The van der Waals surface area contributed by atoms with Crippen molar-refractivity contribution < 1.29 is 9.90 Å². The number of rotatable bonds is 4. The van der Waals surface area contributed by atoms with Crippen LogP contribution in [-0.2, 0) is 18.3 Å². The molecular formula is C11H18N2O2. The summed E-state index contributed by atoms with van der Waals surface area (Å²) < 4.78 is 2.04. The number of aromatic nitrogens is 2. The summed E-state index contributed by atoms with van der Waals surface area (Å²) >= 11 is 0. The summed E-state index contributed by atoms with van der Waals surface area (Å²) in [6, 6.07) is 0. The fourth-order valence-corrected chi connectivity index (χ4v) is 1.64. The van der Waals surface area contributed by atoms with E-state index in [1.165, 1.54) is 0 Å². The Morgan fingerprint density at radius 3 is 2.53 bits per heavy atom. The minimum atomic E-state index is -0.772. The van der Waals surface area contributed by atoms with Crippen LogP contribution >= 0.6 is 0 Å². The highest BCUT2D eigenvalue weighted by Crippen LogP contribution is 2.18. The molecule has 1 rings (SSSR count). The Morgan fingerprint density at radius 2 is 2.13 bits per heavy atom. The number of nitrogens with zero attached hydrogens (tertiary/aromatic N) is 2. The minimum Gasteiger partial charge on any atom is -0.481 e. The van der Waals surface area contributed by atoms with E-state index in [-0.39, 0.29) is 6.42 Å². The number of carboxylic acid groups (broad SMARTS) is 1. The van der Waals surface area contributed by atoms with Crippen molar-refractivity contribution >= 4 is 5.97 Å². The van der Waals surface area contributed by atoms with Crippen LogP contribution in [0.2, 0.25) is 0 Å². The number of carbonyl (C=O) groups is 1. The van der Waals surface area contributed by atoms with E-state index in [0.29, 0.717) is 12.3 Å². The number of hydrogen-bond donors (Lipinski definition) is 1. The van der Waals surface area contributed by atoms with E-state index in [9.17, 15) is 4.79 Å². The van der Waals surface area contributed by atoms with E-state index >= 15 is 0 Å². The van der Waals surface area contributed by atoms with Gasteiger partial charge in [-0.3, -0.25) is 4.79 Å². The van der Waals surface area contributed by atoms with Gasteiger partial charge in [0.25, 0.3) is 0 Å². The van der Waals surface area contributed by atoms with Gasteiger partial charge >= 0.3 is 5.97 Å². The number of imidazole rings is 1. The molecule has 4 heteroatoms. The summed E-state index contributed by atoms with van der Waals surface area (Å²) in [5.41, 5.74) is 1.98. The van der Waals surface area contributed by atoms with Crippen LogP contribution in [0.15, 0.2) is 0 Å². The third-order valence-electron chi connectivity index (χ3n) is 2.61. The van der Waals surface area contributed by atoms with Crippen LogP contribution in [0.1, 0.15) is 43.4 Å². The van der Waals surface area contributed by atoms with Crippen molar-refractivity contribution in [2.45, 2.75) is 39.5 Å². The van der Waals surface area contributed by atoms with Crippen molar-refractivity contribution in [3.05, 3.63) is 17.2 Å². The van der Waals surface area contributed by atoms with Crippen LogP contribution in [0, 0.1) is 6.92 Å². The lowest BCUT2D eigenvalue weighted by atomic mass is 10.2. The molecule has 1 aromatic rings. The Bertz CT molecular complexity index is 367. The van der Waals surface area contributed by atoms with Gasteiger partial charge in [0.05, 0.1) is 12.1 Å². The molecule has 0 bridgehead atoms. The zero-order valence-corrected chi connectivity index (χ0v) is 9.74. The van der Waals surface area contributed by atoms with Crippen LogP contribution in [0.3, 0.4) is 0 Å². The number of carboxylic acids is 1.